The minimum absolute atomic E-state index is 0.425. The van der Waals surface area contributed by atoms with Crippen LogP contribution in [0.3, 0.4) is 0 Å². The third kappa shape index (κ3) is 2.29. The topological polar surface area (TPSA) is 29.1 Å². The predicted octanol–water partition coefficient (Wildman–Crippen LogP) is 1.35. The molecule has 0 aliphatic heterocycles. The highest BCUT2D eigenvalue weighted by molar-refractivity contribution is 5.79. The summed E-state index contributed by atoms with van der Waals surface area (Å²) in [4.78, 5) is 11.1. The predicted molar refractivity (Wildman–Crippen MR) is 45.5 cm³/mol. The van der Waals surface area contributed by atoms with Crippen LogP contribution >= 0.6 is 0 Å². The Kier molecular flexibility index (Phi) is 3.06. The van der Waals surface area contributed by atoms with Crippen LogP contribution in [0.1, 0.15) is 33.1 Å². The molecule has 0 amide bonds. The van der Waals surface area contributed by atoms with Crippen molar-refractivity contribution in [2.24, 2.45) is 5.92 Å². The van der Waals surface area contributed by atoms with Crippen LogP contribution in [0.5, 0.6) is 0 Å². The van der Waals surface area contributed by atoms with Crippen LogP contribution in [-0.4, -0.2) is 18.4 Å². The van der Waals surface area contributed by atoms with Crippen molar-refractivity contribution in [3.05, 3.63) is 0 Å². The smallest absolute Gasteiger partial charge is 0.134 e. The van der Waals surface area contributed by atoms with Crippen molar-refractivity contribution >= 4 is 5.78 Å². The van der Waals surface area contributed by atoms with E-state index < -0.39 is 0 Å². The van der Waals surface area contributed by atoms with E-state index in [4.69, 9.17) is 0 Å². The first-order valence-electron chi connectivity index (χ1n) is 4.49. The molecule has 0 spiro atoms. The maximum absolute atomic E-state index is 11.1. The zero-order valence-corrected chi connectivity index (χ0v) is 7.39. The van der Waals surface area contributed by atoms with Gasteiger partial charge < -0.3 is 5.32 Å². The fourth-order valence-corrected chi connectivity index (χ4v) is 1.67. The van der Waals surface area contributed by atoms with E-state index in [0.717, 1.165) is 25.8 Å². The van der Waals surface area contributed by atoms with Gasteiger partial charge in [-0.05, 0) is 18.9 Å². The van der Waals surface area contributed by atoms with Gasteiger partial charge >= 0.3 is 0 Å². The van der Waals surface area contributed by atoms with E-state index >= 15 is 0 Å². The summed E-state index contributed by atoms with van der Waals surface area (Å²) in [7, 11) is 0. The first kappa shape index (κ1) is 8.72. The van der Waals surface area contributed by atoms with Crippen molar-refractivity contribution in [2.45, 2.75) is 39.2 Å². The maximum Gasteiger partial charge on any atom is 0.134 e. The zero-order chi connectivity index (χ0) is 8.27. The summed E-state index contributed by atoms with van der Waals surface area (Å²) in [5.74, 6) is 1.10. The highest BCUT2D eigenvalue weighted by Crippen LogP contribution is 2.21. The molecule has 1 saturated carbocycles. The van der Waals surface area contributed by atoms with Crippen LogP contribution < -0.4 is 5.32 Å². The van der Waals surface area contributed by atoms with Gasteiger partial charge in [0.25, 0.3) is 0 Å². The summed E-state index contributed by atoms with van der Waals surface area (Å²) in [5.41, 5.74) is 0. The van der Waals surface area contributed by atoms with Crippen molar-refractivity contribution in [1.82, 2.24) is 5.32 Å². The molecule has 1 rings (SSSR count). The standard InChI is InChI=1S/C9H17NO/c1-3-10-9-6-8(11)5-4-7(9)2/h7,9-10H,3-6H2,1-2H3. The van der Waals surface area contributed by atoms with E-state index in [1.165, 1.54) is 0 Å². The SMILES string of the molecule is CCNC1CC(=O)CCC1C. The molecule has 0 bridgehead atoms. The van der Waals surface area contributed by atoms with Gasteiger partial charge in [-0.3, -0.25) is 4.79 Å². The van der Waals surface area contributed by atoms with E-state index in [0.29, 0.717) is 17.7 Å². The van der Waals surface area contributed by atoms with Gasteiger partial charge in [0, 0.05) is 18.9 Å². The molecule has 0 heterocycles. The van der Waals surface area contributed by atoms with E-state index in [-0.39, 0.29) is 0 Å². The van der Waals surface area contributed by atoms with Gasteiger partial charge in [-0.15, -0.1) is 0 Å². The number of carbonyl (C=O) groups excluding carboxylic acids is 1. The van der Waals surface area contributed by atoms with E-state index in [1.54, 1.807) is 0 Å². The van der Waals surface area contributed by atoms with Crippen LogP contribution in [0, 0.1) is 5.92 Å². The quantitative estimate of drug-likeness (QED) is 0.652. The van der Waals surface area contributed by atoms with Crippen molar-refractivity contribution in [2.75, 3.05) is 6.54 Å². The Balaban J connectivity index is 2.40. The molecule has 0 aromatic heterocycles. The molecule has 11 heavy (non-hydrogen) atoms. The van der Waals surface area contributed by atoms with E-state index in [1.807, 2.05) is 0 Å². The van der Waals surface area contributed by atoms with Gasteiger partial charge in [0.15, 0.2) is 0 Å². The molecule has 0 aromatic carbocycles. The molecule has 2 nitrogen and oxygen atoms in total. The third-order valence-corrected chi connectivity index (χ3v) is 2.48. The number of carbonyl (C=O) groups is 1. The van der Waals surface area contributed by atoms with Crippen LogP contribution in [0.2, 0.25) is 0 Å². The molecule has 2 unspecified atom stereocenters. The van der Waals surface area contributed by atoms with Crippen LogP contribution in [0.25, 0.3) is 0 Å². The lowest BCUT2D eigenvalue weighted by molar-refractivity contribution is -0.121. The monoisotopic (exact) mass is 155 g/mol. The maximum atomic E-state index is 11.1. The summed E-state index contributed by atoms with van der Waals surface area (Å²) in [6, 6.07) is 0.446. The number of Topliss-reactive ketones (excluding diaryl/α,β-unsaturated/α-hetero) is 1. The summed E-state index contributed by atoms with van der Waals surface area (Å²) in [5, 5.41) is 3.34. The highest BCUT2D eigenvalue weighted by Gasteiger charge is 2.24. The molecule has 2 atom stereocenters. The molecule has 0 saturated heterocycles. The first-order valence-corrected chi connectivity index (χ1v) is 4.49. The van der Waals surface area contributed by atoms with E-state index in [2.05, 4.69) is 19.2 Å². The lowest BCUT2D eigenvalue weighted by atomic mass is 9.85. The molecule has 2 heteroatoms. The summed E-state index contributed by atoms with van der Waals surface area (Å²) >= 11 is 0. The molecule has 1 fully saturated rings. The molecule has 1 aliphatic carbocycles. The number of nitrogens with one attached hydrogen (secondary N) is 1. The summed E-state index contributed by atoms with van der Waals surface area (Å²) in [6.07, 6.45) is 2.61. The third-order valence-electron chi connectivity index (χ3n) is 2.48. The number of rotatable bonds is 2. The normalized spacial score (nSPS) is 32.4. The minimum Gasteiger partial charge on any atom is -0.314 e. The molecular formula is C9H17NO. The number of ketones is 1. The van der Waals surface area contributed by atoms with Gasteiger partial charge in [0.2, 0.25) is 0 Å². The second-order valence-electron chi connectivity index (χ2n) is 3.42. The summed E-state index contributed by atoms with van der Waals surface area (Å²) in [6.45, 7) is 5.29. The Morgan fingerprint density at radius 3 is 3.00 bits per heavy atom. The lowest BCUT2D eigenvalue weighted by Crippen LogP contribution is -2.39. The molecule has 1 aliphatic rings. The first-order chi connectivity index (χ1) is 5.24. The van der Waals surface area contributed by atoms with Gasteiger partial charge in [-0.1, -0.05) is 13.8 Å². The van der Waals surface area contributed by atoms with Gasteiger partial charge in [-0.25, -0.2) is 0 Å². The van der Waals surface area contributed by atoms with Gasteiger partial charge in [0.1, 0.15) is 5.78 Å². The zero-order valence-electron chi connectivity index (χ0n) is 7.39. The van der Waals surface area contributed by atoms with Gasteiger partial charge in [-0.2, -0.15) is 0 Å². The molecule has 0 aromatic rings. The average molecular weight is 155 g/mol. The Labute approximate surface area is 68.4 Å². The fourth-order valence-electron chi connectivity index (χ4n) is 1.67. The highest BCUT2D eigenvalue weighted by atomic mass is 16.1. The second-order valence-corrected chi connectivity index (χ2v) is 3.42. The molecule has 1 N–H and O–H groups in total. The average Bonchev–Trinajstić information content (AvgIpc) is 1.98. The minimum atomic E-state index is 0.425. The van der Waals surface area contributed by atoms with Crippen molar-refractivity contribution < 1.29 is 4.79 Å². The number of hydrogen-bond donors (Lipinski definition) is 1. The lowest BCUT2D eigenvalue weighted by Gasteiger charge is -2.28. The van der Waals surface area contributed by atoms with Gasteiger partial charge in [0.05, 0.1) is 0 Å². The Morgan fingerprint density at radius 1 is 1.64 bits per heavy atom. The summed E-state index contributed by atoms with van der Waals surface area (Å²) < 4.78 is 0. The van der Waals surface area contributed by atoms with Crippen molar-refractivity contribution in [1.29, 1.82) is 0 Å². The molecule has 0 radical (unpaired) electrons. The Bertz CT molecular complexity index is 144. The van der Waals surface area contributed by atoms with E-state index in [9.17, 15) is 4.79 Å². The molecular weight excluding hydrogens is 138 g/mol. The van der Waals surface area contributed by atoms with Crippen LogP contribution in [-0.2, 0) is 4.79 Å². The Morgan fingerprint density at radius 2 is 2.36 bits per heavy atom. The molecule has 64 valence electrons. The van der Waals surface area contributed by atoms with Crippen molar-refractivity contribution in [3.8, 4) is 0 Å². The Hall–Kier alpha value is -0.370. The largest absolute Gasteiger partial charge is 0.314 e. The van der Waals surface area contributed by atoms with Crippen LogP contribution in [0.15, 0.2) is 0 Å². The second kappa shape index (κ2) is 3.86. The number of hydrogen-bond acceptors (Lipinski definition) is 2. The fraction of sp³-hybridized carbons (Fsp3) is 0.889. The van der Waals surface area contributed by atoms with Crippen LogP contribution in [0.4, 0.5) is 0 Å². The van der Waals surface area contributed by atoms with Crippen molar-refractivity contribution in [3.63, 3.8) is 0 Å².